The molecule has 0 fully saturated rings. The lowest BCUT2D eigenvalue weighted by Gasteiger charge is -2.04. The molecule has 0 amide bonds. The van der Waals surface area contributed by atoms with E-state index in [9.17, 15) is 9.59 Å². The second-order valence-electron chi connectivity index (χ2n) is 4.35. The number of carbonyl (C=O) groups excluding carboxylic acids is 2. The van der Waals surface area contributed by atoms with Crippen molar-refractivity contribution in [2.45, 2.75) is 13.8 Å². The molecule has 102 valence electrons. The minimum atomic E-state index is -0.494. The zero-order valence-corrected chi connectivity index (χ0v) is 11.3. The summed E-state index contributed by atoms with van der Waals surface area (Å²) in [6.07, 6.45) is 2.64. The van der Waals surface area contributed by atoms with Crippen LogP contribution < -0.4 is 0 Å². The Morgan fingerprint density at radius 3 is 2.45 bits per heavy atom. The minimum absolute atomic E-state index is 0.204. The maximum Gasteiger partial charge on any atom is 0.343 e. The predicted molar refractivity (Wildman–Crippen MR) is 73.4 cm³/mol. The molecule has 0 unspecified atom stereocenters. The largest absolute Gasteiger partial charge is 0.461 e. The van der Waals surface area contributed by atoms with Crippen LogP contribution in [0.1, 0.15) is 33.4 Å². The van der Waals surface area contributed by atoms with Crippen molar-refractivity contribution in [3.8, 4) is 0 Å². The molecule has 0 spiro atoms. The Labute approximate surface area is 116 Å². The van der Waals surface area contributed by atoms with Crippen LogP contribution in [0, 0.1) is 6.92 Å². The standard InChI is InChI=1S/C16H14O4/c1-11-5-7-13(8-6-11)16(18)20-12(2)10-14(17)15-4-3-9-19-15/h3-10H,1-2H3/b12-10+. The fraction of sp³-hybridized carbons (Fsp3) is 0.125. The van der Waals surface area contributed by atoms with E-state index in [4.69, 9.17) is 9.15 Å². The Morgan fingerprint density at radius 1 is 1.15 bits per heavy atom. The summed E-state index contributed by atoms with van der Waals surface area (Å²) in [6.45, 7) is 3.48. The van der Waals surface area contributed by atoms with Gasteiger partial charge in [0.2, 0.25) is 5.78 Å². The topological polar surface area (TPSA) is 56.5 Å². The summed E-state index contributed by atoms with van der Waals surface area (Å²) in [5.41, 5.74) is 1.50. The van der Waals surface area contributed by atoms with Gasteiger partial charge in [0.15, 0.2) is 5.76 Å². The van der Waals surface area contributed by atoms with Gasteiger partial charge in [-0.2, -0.15) is 0 Å². The lowest BCUT2D eigenvalue weighted by molar-refractivity contribution is 0.0625. The molecular weight excluding hydrogens is 256 g/mol. The van der Waals surface area contributed by atoms with Crippen molar-refractivity contribution in [2.75, 3.05) is 0 Å². The molecular formula is C16H14O4. The third-order valence-corrected chi connectivity index (χ3v) is 2.64. The summed E-state index contributed by atoms with van der Waals surface area (Å²) in [5.74, 6) is -0.414. The number of hydrogen-bond acceptors (Lipinski definition) is 4. The van der Waals surface area contributed by atoms with E-state index in [0.717, 1.165) is 5.56 Å². The zero-order chi connectivity index (χ0) is 14.5. The van der Waals surface area contributed by atoms with Crippen molar-refractivity contribution in [1.29, 1.82) is 0 Å². The van der Waals surface area contributed by atoms with Gasteiger partial charge >= 0.3 is 5.97 Å². The van der Waals surface area contributed by atoms with Crippen LogP contribution >= 0.6 is 0 Å². The van der Waals surface area contributed by atoms with Crippen molar-refractivity contribution in [2.24, 2.45) is 0 Å². The number of hydrogen-bond donors (Lipinski definition) is 0. The van der Waals surface area contributed by atoms with Crippen LogP contribution in [-0.2, 0) is 4.74 Å². The molecule has 2 rings (SSSR count). The SMILES string of the molecule is C/C(=C\C(=O)c1ccco1)OC(=O)c1ccc(C)cc1. The lowest BCUT2D eigenvalue weighted by atomic mass is 10.1. The molecule has 4 nitrogen and oxygen atoms in total. The molecule has 0 N–H and O–H groups in total. The summed E-state index contributed by atoms with van der Waals surface area (Å²) in [4.78, 5) is 23.6. The fourth-order valence-electron chi connectivity index (χ4n) is 1.60. The van der Waals surface area contributed by atoms with Gasteiger partial charge in [0.1, 0.15) is 5.76 Å². The average Bonchev–Trinajstić information content (AvgIpc) is 2.93. The van der Waals surface area contributed by atoms with Gasteiger partial charge in [-0.3, -0.25) is 4.79 Å². The number of aryl methyl sites for hydroxylation is 1. The van der Waals surface area contributed by atoms with Gasteiger partial charge in [0.25, 0.3) is 0 Å². The molecule has 1 aromatic carbocycles. The van der Waals surface area contributed by atoms with Crippen LogP contribution in [0.4, 0.5) is 0 Å². The molecule has 0 radical (unpaired) electrons. The van der Waals surface area contributed by atoms with Gasteiger partial charge < -0.3 is 9.15 Å². The van der Waals surface area contributed by atoms with Crippen molar-refractivity contribution in [3.05, 3.63) is 71.4 Å². The summed E-state index contributed by atoms with van der Waals surface area (Å²) < 4.78 is 10.1. The number of rotatable bonds is 4. The van der Waals surface area contributed by atoms with Crippen molar-refractivity contribution in [1.82, 2.24) is 0 Å². The first-order valence-corrected chi connectivity index (χ1v) is 6.11. The Morgan fingerprint density at radius 2 is 1.85 bits per heavy atom. The Balaban J connectivity index is 2.04. The van der Waals surface area contributed by atoms with E-state index >= 15 is 0 Å². The predicted octanol–water partition coefficient (Wildman–Crippen LogP) is 3.53. The Bertz CT molecular complexity index is 634. The first kappa shape index (κ1) is 13.8. The maximum absolute atomic E-state index is 11.8. The number of esters is 1. The smallest absolute Gasteiger partial charge is 0.343 e. The van der Waals surface area contributed by atoms with Crippen LogP contribution in [0.15, 0.2) is 58.9 Å². The highest BCUT2D eigenvalue weighted by Gasteiger charge is 2.10. The molecule has 0 bridgehead atoms. The second-order valence-corrected chi connectivity index (χ2v) is 4.35. The van der Waals surface area contributed by atoms with E-state index < -0.39 is 5.97 Å². The van der Waals surface area contributed by atoms with E-state index in [0.29, 0.717) is 5.56 Å². The van der Waals surface area contributed by atoms with E-state index in [-0.39, 0.29) is 17.3 Å². The fourth-order valence-corrected chi connectivity index (χ4v) is 1.60. The minimum Gasteiger partial charge on any atom is -0.461 e. The first-order valence-electron chi connectivity index (χ1n) is 6.11. The number of ketones is 1. The van der Waals surface area contributed by atoms with Crippen molar-refractivity contribution in [3.63, 3.8) is 0 Å². The monoisotopic (exact) mass is 270 g/mol. The molecule has 1 heterocycles. The molecule has 0 aliphatic carbocycles. The van der Waals surface area contributed by atoms with E-state index in [1.807, 2.05) is 19.1 Å². The Hall–Kier alpha value is -2.62. The molecule has 1 aromatic heterocycles. The second kappa shape index (κ2) is 6.02. The molecule has 0 atom stereocenters. The summed E-state index contributed by atoms with van der Waals surface area (Å²) in [6, 6.07) is 10.2. The highest BCUT2D eigenvalue weighted by atomic mass is 16.5. The normalized spacial score (nSPS) is 11.2. The Kier molecular flexibility index (Phi) is 4.15. The summed E-state index contributed by atoms with van der Waals surface area (Å²) >= 11 is 0. The number of carbonyl (C=O) groups is 2. The number of benzene rings is 1. The van der Waals surface area contributed by atoms with Gasteiger partial charge in [0.05, 0.1) is 11.8 Å². The van der Waals surface area contributed by atoms with E-state index in [1.165, 1.54) is 12.3 Å². The van der Waals surface area contributed by atoms with Crippen LogP contribution in [0.5, 0.6) is 0 Å². The molecule has 20 heavy (non-hydrogen) atoms. The molecule has 0 saturated carbocycles. The molecule has 0 aliphatic heterocycles. The van der Waals surface area contributed by atoms with Gasteiger partial charge in [0, 0.05) is 6.08 Å². The number of furan rings is 1. The molecule has 4 heteroatoms. The van der Waals surface area contributed by atoms with Gasteiger partial charge in [-0.25, -0.2) is 4.79 Å². The van der Waals surface area contributed by atoms with Crippen LogP contribution in [0.2, 0.25) is 0 Å². The van der Waals surface area contributed by atoms with Crippen LogP contribution in [0.3, 0.4) is 0 Å². The highest BCUT2D eigenvalue weighted by molar-refractivity contribution is 6.02. The van der Waals surface area contributed by atoms with Gasteiger partial charge in [-0.1, -0.05) is 17.7 Å². The summed E-state index contributed by atoms with van der Waals surface area (Å²) in [5, 5.41) is 0. The van der Waals surface area contributed by atoms with Gasteiger partial charge in [-0.15, -0.1) is 0 Å². The lowest BCUT2D eigenvalue weighted by Crippen LogP contribution is -2.05. The quantitative estimate of drug-likeness (QED) is 0.369. The average molecular weight is 270 g/mol. The third-order valence-electron chi connectivity index (χ3n) is 2.64. The van der Waals surface area contributed by atoms with Crippen LogP contribution in [-0.4, -0.2) is 11.8 Å². The van der Waals surface area contributed by atoms with Gasteiger partial charge in [-0.05, 0) is 38.1 Å². The highest BCUT2D eigenvalue weighted by Crippen LogP contribution is 2.10. The van der Waals surface area contributed by atoms with E-state index in [1.54, 1.807) is 31.2 Å². The van der Waals surface area contributed by atoms with Crippen molar-refractivity contribution < 1.29 is 18.7 Å². The molecule has 0 saturated heterocycles. The number of allylic oxidation sites excluding steroid dienone is 2. The van der Waals surface area contributed by atoms with E-state index in [2.05, 4.69) is 0 Å². The maximum atomic E-state index is 11.8. The molecule has 0 aliphatic rings. The number of ether oxygens (including phenoxy) is 1. The third kappa shape index (κ3) is 3.45. The van der Waals surface area contributed by atoms with Crippen LogP contribution in [0.25, 0.3) is 0 Å². The zero-order valence-electron chi connectivity index (χ0n) is 11.3. The first-order chi connectivity index (χ1) is 9.56. The molecule has 2 aromatic rings. The summed E-state index contributed by atoms with van der Waals surface area (Å²) in [7, 11) is 0. The van der Waals surface area contributed by atoms with Crippen molar-refractivity contribution >= 4 is 11.8 Å².